The fraction of sp³-hybridized carbons (Fsp3) is 0.357. The third-order valence-corrected chi connectivity index (χ3v) is 4.07. The SMILES string of the molecule is COc1c(C)cc(C)cc1-c1nc(C)c(CO)s1. The molecule has 0 aliphatic heterocycles. The van der Waals surface area contributed by atoms with Gasteiger partial charge >= 0.3 is 0 Å². The number of aliphatic hydroxyl groups is 1. The van der Waals surface area contributed by atoms with Crippen molar-refractivity contribution in [2.45, 2.75) is 27.4 Å². The van der Waals surface area contributed by atoms with Crippen molar-refractivity contribution in [2.75, 3.05) is 7.11 Å². The molecule has 0 saturated carbocycles. The van der Waals surface area contributed by atoms with Crippen molar-refractivity contribution in [2.24, 2.45) is 0 Å². The van der Waals surface area contributed by atoms with Gasteiger partial charge in [-0.15, -0.1) is 11.3 Å². The van der Waals surface area contributed by atoms with Crippen LogP contribution < -0.4 is 4.74 Å². The van der Waals surface area contributed by atoms with Gasteiger partial charge in [-0.1, -0.05) is 6.07 Å². The minimum Gasteiger partial charge on any atom is -0.496 e. The predicted molar refractivity (Wildman–Crippen MR) is 74.2 cm³/mol. The first-order valence-electron chi connectivity index (χ1n) is 5.79. The van der Waals surface area contributed by atoms with Crippen LogP contribution in [0.5, 0.6) is 5.75 Å². The van der Waals surface area contributed by atoms with E-state index in [2.05, 4.69) is 24.0 Å². The summed E-state index contributed by atoms with van der Waals surface area (Å²) in [6, 6.07) is 4.17. The topological polar surface area (TPSA) is 42.4 Å². The van der Waals surface area contributed by atoms with Gasteiger partial charge in [-0.2, -0.15) is 0 Å². The van der Waals surface area contributed by atoms with Crippen LogP contribution in [0.25, 0.3) is 10.6 Å². The van der Waals surface area contributed by atoms with E-state index in [1.807, 2.05) is 13.8 Å². The molecule has 0 aliphatic rings. The summed E-state index contributed by atoms with van der Waals surface area (Å²) in [5.41, 5.74) is 4.18. The molecule has 0 aliphatic carbocycles. The van der Waals surface area contributed by atoms with Crippen LogP contribution in [0.3, 0.4) is 0 Å². The summed E-state index contributed by atoms with van der Waals surface area (Å²) in [5, 5.41) is 10.2. The zero-order valence-corrected chi connectivity index (χ0v) is 11.9. The molecule has 96 valence electrons. The smallest absolute Gasteiger partial charge is 0.132 e. The van der Waals surface area contributed by atoms with Gasteiger partial charge in [0, 0.05) is 0 Å². The van der Waals surface area contributed by atoms with E-state index in [0.717, 1.165) is 32.5 Å². The van der Waals surface area contributed by atoms with Crippen molar-refractivity contribution >= 4 is 11.3 Å². The second-order valence-electron chi connectivity index (χ2n) is 4.35. The lowest BCUT2D eigenvalue weighted by Gasteiger charge is -2.10. The van der Waals surface area contributed by atoms with E-state index in [1.54, 1.807) is 7.11 Å². The lowest BCUT2D eigenvalue weighted by molar-refractivity contribution is 0.284. The lowest BCUT2D eigenvalue weighted by atomic mass is 10.1. The Labute approximate surface area is 111 Å². The molecule has 18 heavy (non-hydrogen) atoms. The maximum absolute atomic E-state index is 9.25. The van der Waals surface area contributed by atoms with Gasteiger partial charge in [-0.05, 0) is 38.0 Å². The van der Waals surface area contributed by atoms with Crippen molar-refractivity contribution in [3.8, 4) is 16.3 Å². The summed E-state index contributed by atoms with van der Waals surface area (Å²) in [5.74, 6) is 0.860. The zero-order valence-electron chi connectivity index (χ0n) is 11.1. The molecule has 0 saturated heterocycles. The number of hydrogen-bond acceptors (Lipinski definition) is 4. The van der Waals surface area contributed by atoms with Crippen LogP contribution in [-0.2, 0) is 6.61 Å². The quantitative estimate of drug-likeness (QED) is 0.924. The molecule has 0 unspecified atom stereocenters. The summed E-state index contributed by atoms with van der Waals surface area (Å²) >= 11 is 1.52. The maximum atomic E-state index is 9.25. The highest BCUT2D eigenvalue weighted by Crippen LogP contribution is 2.37. The van der Waals surface area contributed by atoms with Crippen molar-refractivity contribution in [3.05, 3.63) is 33.8 Å². The van der Waals surface area contributed by atoms with E-state index in [-0.39, 0.29) is 6.61 Å². The normalized spacial score (nSPS) is 10.7. The van der Waals surface area contributed by atoms with E-state index in [4.69, 9.17) is 4.74 Å². The summed E-state index contributed by atoms with van der Waals surface area (Å²) in [6.07, 6.45) is 0. The van der Waals surface area contributed by atoms with E-state index in [0.29, 0.717) is 0 Å². The highest BCUT2D eigenvalue weighted by atomic mass is 32.1. The molecule has 4 heteroatoms. The number of thiazole rings is 1. The minimum absolute atomic E-state index is 0.0383. The fourth-order valence-electron chi connectivity index (χ4n) is 2.07. The molecule has 0 amide bonds. The fourth-order valence-corrected chi connectivity index (χ4v) is 3.01. The van der Waals surface area contributed by atoms with Crippen molar-refractivity contribution in [3.63, 3.8) is 0 Å². The molecule has 0 fully saturated rings. The lowest BCUT2D eigenvalue weighted by Crippen LogP contribution is -1.92. The molecule has 0 radical (unpaired) electrons. The Morgan fingerprint density at radius 1 is 1.28 bits per heavy atom. The van der Waals surface area contributed by atoms with Crippen LogP contribution in [0, 0.1) is 20.8 Å². The zero-order chi connectivity index (χ0) is 13.3. The van der Waals surface area contributed by atoms with Gasteiger partial charge < -0.3 is 9.84 Å². The Hall–Kier alpha value is -1.39. The second-order valence-corrected chi connectivity index (χ2v) is 5.43. The molecule has 0 atom stereocenters. The standard InChI is InChI=1S/C14H17NO2S/c1-8-5-9(2)13(17-4)11(6-8)14-15-10(3)12(7-16)18-14/h5-6,16H,7H2,1-4H3. The van der Waals surface area contributed by atoms with Gasteiger partial charge in [0.1, 0.15) is 10.8 Å². The molecular weight excluding hydrogens is 246 g/mol. The largest absolute Gasteiger partial charge is 0.496 e. The van der Waals surface area contributed by atoms with Crippen LogP contribution in [-0.4, -0.2) is 17.2 Å². The van der Waals surface area contributed by atoms with Gasteiger partial charge in [0.05, 0.1) is 29.9 Å². The van der Waals surface area contributed by atoms with Gasteiger partial charge in [-0.3, -0.25) is 0 Å². The number of methoxy groups -OCH3 is 1. The number of aryl methyl sites for hydroxylation is 3. The second kappa shape index (κ2) is 5.08. The van der Waals surface area contributed by atoms with Crippen LogP contribution in [0.2, 0.25) is 0 Å². The highest BCUT2D eigenvalue weighted by molar-refractivity contribution is 7.15. The molecule has 2 rings (SSSR count). The van der Waals surface area contributed by atoms with Crippen molar-refractivity contribution in [1.29, 1.82) is 0 Å². The molecule has 2 aromatic rings. The Morgan fingerprint density at radius 2 is 2.00 bits per heavy atom. The van der Waals surface area contributed by atoms with Crippen LogP contribution >= 0.6 is 11.3 Å². The Kier molecular flexibility index (Phi) is 3.68. The third-order valence-electron chi connectivity index (χ3n) is 2.89. The number of benzene rings is 1. The summed E-state index contributed by atoms with van der Waals surface area (Å²) < 4.78 is 5.47. The van der Waals surface area contributed by atoms with Gasteiger partial charge in [0.25, 0.3) is 0 Å². The van der Waals surface area contributed by atoms with Gasteiger partial charge in [0.2, 0.25) is 0 Å². The number of aliphatic hydroxyl groups excluding tert-OH is 1. The Bertz CT molecular complexity index is 575. The number of hydrogen-bond donors (Lipinski definition) is 1. The maximum Gasteiger partial charge on any atom is 0.132 e. The van der Waals surface area contributed by atoms with E-state index < -0.39 is 0 Å². The van der Waals surface area contributed by atoms with Crippen LogP contribution in [0.15, 0.2) is 12.1 Å². The van der Waals surface area contributed by atoms with Crippen molar-refractivity contribution in [1.82, 2.24) is 4.98 Å². The summed E-state index contributed by atoms with van der Waals surface area (Å²) in [7, 11) is 1.68. The first kappa shape index (κ1) is 13.1. The van der Waals surface area contributed by atoms with Gasteiger partial charge in [-0.25, -0.2) is 4.98 Å². The van der Waals surface area contributed by atoms with Crippen LogP contribution in [0.1, 0.15) is 21.7 Å². The molecule has 1 aromatic heterocycles. The first-order chi connectivity index (χ1) is 8.56. The predicted octanol–water partition coefficient (Wildman–Crippen LogP) is 3.24. The molecule has 3 nitrogen and oxygen atoms in total. The first-order valence-corrected chi connectivity index (χ1v) is 6.61. The number of ether oxygens (including phenoxy) is 1. The van der Waals surface area contributed by atoms with Gasteiger partial charge in [0.15, 0.2) is 0 Å². The molecule has 1 aromatic carbocycles. The monoisotopic (exact) mass is 263 g/mol. The Morgan fingerprint density at radius 3 is 2.56 bits per heavy atom. The van der Waals surface area contributed by atoms with E-state index in [1.165, 1.54) is 16.9 Å². The van der Waals surface area contributed by atoms with Crippen LogP contribution in [0.4, 0.5) is 0 Å². The Balaban J connectivity index is 2.61. The highest BCUT2D eigenvalue weighted by Gasteiger charge is 2.15. The average Bonchev–Trinajstić information content (AvgIpc) is 2.69. The van der Waals surface area contributed by atoms with E-state index >= 15 is 0 Å². The number of rotatable bonds is 3. The van der Waals surface area contributed by atoms with Crippen molar-refractivity contribution < 1.29 is 9.84 Å². The minimum atomic E-state index is 0.0383. The summed E-state index contributed by atoms with van der Waals surface area (Å²) in [6.45, 7) is 6.05. The van der Waals surface area contributed by atoms with E-state index in [9.17, 15) is 5.11 Å². The molecular formula is C14H17NO2S. The molecule has 0 spiro atoms. The number of nitrogens with zero attached hydrogens (tertiary/aromatic N) is 1. The molecule has 1 N–H and O–H groups in total. The molecule has 1 heterocycles. The average molecular weight is 263 g/mol. The number of aromatic nitrogens is 1. The third kappa shape index (κ3) is 2.26. The molecule has 0 bridgehead atoms. The summed E-state index contributed by atoms with van der Waals surface area (Å²) in [4.78, 5) is 5.43.